The van der Waals surface area contributed by atoms with Gasteiger partial charge in [0.05, 0.1) is 12.4 Å². The predicted molar refractivity (Wildman–Crippen MR) is 66.2 cm³/mol. The van der Waals surface area contributed by atoms with Crippen LogP contribution in [0.1, 0.15) is 44.9 Å². The van der Waals surface area contributed by atoms with E-state index in [1.54, 1.807) is 12.4 Å². The molecule has 0 saturated heterocycles. The minimum atomic E-state index is 0.273. The van der Waals surface area contributed by atoms with Crippen LogP contribution in [-0.2, 0) is 0 Å². The Morgan fingerprint density at radius 1 is 1.35 bits per heavy atom. The third kappa shape index (κ3) is 1.62. The van der Waals surface area contributed by atoms with E-state index < -0.39 is 0 Å². The van der Waals surface area contributed by atoms with Gasteiger partial charge in [0.25, 0.3) is 0 Å². The molecule has 1 aliphatic rings. The first-order valence-electron chi connectivity index (χ1n) is 5.94. The largest absolute Gasteiger partial charge is 0.266 e. The Balaban J connectivity index is 2.18. The van der Waals surface area contributed by atoms with Crippen molar-refractivity contribution in [3.63, 3.8) is 0 Å². The average molecular weight is 251 g/mol. The lowest BCUT2D eigenvalue weighted by Crippen LogP contribution is -2.18. The van der Waals surface area contributed by atoms with Crippen molar-refractivity contribution >= 4 is 17.2 Å². The van der Waals surface area contributed by atoms with E-state index in [1.807, 2.05) is 4.40 Å². The van der Waals surface area contributed by atoms with Crippen molar-refractivity contribution in [3.05, 3.63) is 23.4 Å². The number of halogens is 1. The summed E-state index contributed by atoms with van der Waals surface area (Å²) < 4.78 is 1.92. The van der Waals surface area contributed by atoms with E-state index in [-0.39, 0.29) is 5.41 Å². The fourth-order valence-corrected chi connectivity index (χ4v) is 3.10. The van der Waals surface area contributed by atoms with Crippen LogP contribution in [0.15, 0.2) is 12.4 Å². The fraction of sp³-hybridized carbons (Fsp3) is 0.583. The molecule has 0 aliphatic heterocycles. The normalized spacial score (nSPS) is 23.4. The highest BCUT2D eigenvalue weighted by molar-refractivity contribution is 6.29. The molecule has 1 unspecified atom stereocenters. The van der Waals surface area contributed by atoms with Gasteiger partial charge in [-0.3, -0.25) is 9.38 Å². The van der Waals surface area contributed by atoms with Crippen LogP contribution in [0, 0.1) is 5.41 Å². The maximum absolute atomic E-state index is 6.20. The summed E-state index contributed by atoms with van der Waals surface area (Å²) in [6.45, 7) is 4.58. The van der Waals surface area contributed by atoms with E-state index in [4.69, 9.17) is 11.6 Å². The van der Waals surface area contributed by atoms with Crippen LogP contribution in [0.3, 0.4) is 0 Å². The van der Waals surface area contributed by atoms with Gasteiger partial charge in [0.15, 0.2) is 5.65 Å². The van der Waals surface area contributed by atoms with Gasteiger partial charge in [0.2, 0.25) is 0 Å². The molecule has 90 valence electrons. The molecule has 0 bridgehead atoms. The summed E-state index contributed by atoms with van der Waals surface area (Å²) in [6.07, 6.45) is 6.98. The van der Waals surface area contributed by atoms with Crippen molar-refractivity contribution in [3.8, 4) is 0 Å². The molecule has 1 atom stereocenters. The molecule has 2 heterocycles. The summed E-state index contributed by atoms with van der Waals surface area (Å²) in [7, 11) is 0. The van der Waals surface area contributed by atoms with Gasteiger partial charge in [0, 0.05) is 5.92 Å². The molecule has 1 saturated carbocycles. The molecule has 4 nitrogen and oxygen atoms in total. The first-order chi connectivity index (χ1) is 8.09. The SMILES string of the molecule is CC1(C)CCCC1c1nnc2cncc(Cl)n12. The Labute approximate surface area is 105 Å². The number of fused-ring (bicyclic) bond motifs is 1. The first kappa shape index (κ1) is 11.0. The van der Waals surface area contributed by atoms with Crippen LogP contribution in [0.2, 0.25) is 5.15 Å². The molecule has 3 rings (SSSR count). The lowest BCUT2D eigenvalue weighted by molar-refractivity contribution is 0.320. The molecule has 2 aromatic rings. The van der Waals surface area contributed by atoms with Gasteiger partial charge in [-0.15, -0.1) is 10.2 Å². The van der Waals surface area contributed by atoms with Gasteiger partial charge in [0.1, 0.15) is 11.0 Å². The van der Waals surface area contributed by atoms with E-state index >= 15 is 0 Å². The van der Waals surface area contributed by atoms with Crippen LogP contribution in [0.4, 0.5) is 0 Å². The molecule has 1 fully saturated rings. The second-order valence-electron chi connectivity index (χ2n) is 5.42. The van der Waals surface area contributed by atoms with Gasteiger partial charge >= 0.3 is 0 Å². The van der Waals surface area contributed by atoms with Crippen molar-refractivity contribution in [2.24, 2.45) is 5.41 Å². The summed E-state index contributed by atoms with van der Waals surface area (Å²) in [6, 6.07) is 0. The van der Waals surface area contributed by atoms with Gasteiger partial charge in [-0.05, 0) is 18.3 Å². The van der Waals surface area contributed by atoms with Crippen molar-refractivity contribution in [1.82, 2.24) is 19.6 Å². The number of hydrogen-bond donors (Lipinski definition) is 0. The number of hydrogen-bond acceptors (Lipinski definition) is 3. The number of aromatic nitrogens is 4. The zero-order valence-electron chi connectivity index (χ0n) is 10.0. The molecular formula is C12H15ClN4. The predicted octanol–water partition coefficient (Wildman–Crippen LogP) is 3.07. The third-order valence-electron chi connectivity index (χ3n) is 3.87. The molecule has 0 spiro atoms. The summed E-state index contributed by atoms with van der Waals surface area (Å²) in [5, 5.41) is 9.07. The van der Waals surface area contributed by atoms with Crippen LogP contribution >= 0.6 is 11.6 Å². The second kappa shape index (κ2) is 3.67. The summed E-state index contributed by atoms with van der Waals surface area (Å²) in [5.41, 5.74) is 1.01. The Morgan fingerprint density at radius 3 is 2.88 bits per heavy atom. The van der Waals surface area contributed by atoms with Gasteiger partial charge in [-0.1, -0.05) is 31.9 Å². The van der Waals surface area contributed by atoms with E-state index in [2.05, 4.69) is 29.0 Å². The molecule has 0 amide bonds. The van der Waals surface area contributed by atoms with Gasteiger partial charge < -0.3 is 0 Å². The van der Waals surface area contributed by atoms with E-state index in [9.17, 15) is 0 Å². The minimum Gasteiger partial charge on any atom is -0.266 e. The molecule has 5 heteroatoms. The van der Waals surface area contributed by atoms with E-state index in [1.165, 1.54) is 12.8 Å². The topological polar surface area (TPSA) is 43.1 Å². The average Bonchev–Trinajstić information content (AvgIpc) is 2.82. The Bertz CT molecular complexity index is 561. The van der Waals surface area contributed by atoms with Gasteiger partial charge in [-0.25, -0.2) is 0 Å². The maximum atomic E-state index is 6.20. The second-order valence-corrected chi connectivity index (χ2v) is 5.80. The lowest BCUT2D eigenvalue weighted by Gasteiger charge is -2.25. The summed E-state index contributed by atoms with van der Waals surface area (Å²) in [4.78, 5) is 4.03. The Hall–Kier alpha value is -1.16. The highest BCUT2D eigenvalue weighted by atomic mass is 35.5. The Morgan fingerprint density at radius 2 is 2.18 bits per heavy atom. The third-order valence-corrected chi connectivity index (χ3v) is 4.13. The lowest BCUT2D eigenvalue weighted by atomic mass is 9.81. The van der Waals surface area contributed by atoms with Crippen LogP contribution < -0.4 is 0 Å². The molecule has 2 aromatic heterocycles. The van der Waals surface area contributed by atoms with E-state index in [0.29, 0.717) is 11.1 Å². The summed E-state index contributed by atoms with van der Waals surface area (Å²) >= 11 is 6.20. The smallest absolute Gasteiger partial charge is 0.180 e. The number of rotatable bonds is 1. The minimum absolute atomic E-state index is 0.273. The highest BCUT2D eigenvalue weighted by Gasteiger charge is 2.38. The molecule has 0 N–H and O–H groups in total. The van der Waals surface area contributed by atoms with Crippen molar-refractivity contribution in [1.29, 1.82) is 0 Å². The van der Waals surface area contributed by atoms with Gasteiger partial charge in [-0.2, -0.15) is 0 Å². The molecular weight excluding hydrogens is 236 g/mol. The summed E-state index contributed by atoms with van der Waals surface area (Å²) in [5.74, 6) is 1.41. The maximum Gasteiger partial charge on any atom is 0.180 e. The molecule has 1 aliphatic carbocycles. The monoisotopic (exact) mass is 250 g/mol. The zero-order chi connectivity index (χ0) is 12.0. The standard InChI is InChI=1S/C12H15ClN4/c1-12(2)5-3-4-8(12)11-16-15-10-7-14-6-9(13)17(10)11/h6-8H,3-5H2,1-2H3. The molecule has 0 radical (unpaired) electrons. The van der Waals surface area contributed by atoms with Crippen LogP contribution in [-0.4, -0.2) is 19.6 Å². The molecule has 0 aromatic carbocycles. The first-order valence-corrected chi connectivity index (χ1v) is 6.32. The Kier molecular flexibility index (Phi) is 2.36. The fourth-order valence-electron chi connectivity index (χ4n) is 2.87. The van der Waals surface area contributed by atoms with Crippen molar-refractivity contribution < 1.29 is 0 Å². The van der Waals surface area contributed by atoms with E-state index in [0.717, 1.165) is 17.9 Å². The zero-order valence-corrected chi connectivity index (χ0v) is 10.8. The van der Waals surface area contributed by atoms with Crippen LogP contribution in [0.5, 0.6) is 0 Å². The van der Waals surface area contributed by atoms with Crippen LogP contribution in [0.25, 0.3) is 5.65 Å². The number of nitrogens with zero attached hydrogens (tertiary/aromatic N) is 4. The quantitative estimate of drug-likeness (QED) is 0.781. The van der Waals surface area contributed by atoms with Crippen molar-refractivity contribution in [2.45, 2.75) is 39.0 Å². The highest BCUT2D eigenvalue weighted by Crippen LogP contribution is 2.48. The molecule has 17 heavy (non-hydrogen) atoms. The van der Waals surface area contributed by atoms with Crippen molar-refractivity contribution in [2.75, 3.05) is 0 Å².